The average molecular weight is 249 g/mol. The summed E-state index contributed by atoms with van der Waals surface area (Å²) in [5, 5.41) is 9.32. The number of rotatable bonds is 3. The minimum atomic E-state index is -0.732. The highest BCUT2D eigenvalue weighted by Gasteiger charge is 2.22. The zero-order chi connectivity index (χ0) is 13.8. The lowest BCUT2D eigenvalue weighted by Gasteiger charge is -2.11. The zero-order valence-corrected chi connectivity index (χ0v) is 11.1. The van der Waals surface area contributed by atoms with Gasteiger partial charge in [-0.1, -0.05) is 54.1 Å². The van der Waals surface area contributed by atoms with E-state index in [4.69, 9.17) is 0 Å². The molecule has 0 aromatic heterocycles. The molecule has 0 aliphatic rings. The smallest absolute Gasteiger partial charge is 0.184 e. The van der Waals surface area contributed by atoms with E-state index in [0.717, 1.165) is 16.7 Å². The summed E-state index contributed by atoms with van der Waals surface area (Å²) >= 11 is 0. The molecule has 94 valence electrons. The van der Waals surface area contributed by atoms with Crippen molar-refractivity contribution in [3.05, 3.63) is 70.8 Å². The van der Waals surface area contributed by atoms with Crippen molar-refractivity contribution in [1.29, 1.82) is 5.26 Å². The lowest BCUT2D eigenvalue weighted by atomic mass is 9.89. The first kappa shape index (κ1) is 13.0. The molecule has 0 radical (unpaired) electrons. The number of carbonyl (C=O) groups is 1. The van der Waals surface area contributed by atoms with Gasteiger partial charge < -0.3 is 0 Å². The van der Waals surface area contributed by atoms with Gasteiger partial charge in [-0.2, -0.15) is 5.26 Å². The molecule has 0 spiro atoms. The Morgan fingerprint density at radius 1 is 1.05 bits per heavy atom. The van der Waals surface area contributed by atoms with E-state index in [-0.39, 0.29) is 5.78 Å². The van der Waals surface area contributed by atoms with Crippen molar-refractivity contribution in [2.75, 3.05) is 0 Å². The molecule has 0 aliphatic heterocycles. The summed E-state index contributed by atoms with van der Waals surface area (Å²) in [5.74, 6) is -0.874. The fourth-order valence-corrected chi connectivity index (χ4v) is 2.06. The van der Waals surface area contributed by atoms with Gasteiger partial charge in [-0.25, -0.2) is 0 Å². The van der Waals surface area contributed by atoms with Gasteiger partial charge in [0, 0.05) is 5.56 Å². The summed E-state index contributed by atoms with van der Waals surface area (Å²) in [4.78, 5) is 12.4. The summed E-state index contributed by atoms with van der Waals surface area (Å²) in [7, 11) is 0. The van der Waals surface area contributed by atoms with Crippen LogP contribution in [0.5, 0.6) is 0 Å². The molecule has 2 heteroatoms. The molecule has 0 bridgehead atoms. The Bertz CT molecular complexity index is 635. The van der Waals surface area contributed by atoms with Crippen molar-refractivity contribution in [1.82, 2.24) is 0 Å². The molecule has 0 saturated carbocycles. The van der Waals surface area contributed by atoms with Crippen LogP contribution >= 0.6 is 0 Å². The highest BCUT2D eigenvalue weighted by molar-refractivity contribution is 6.02. The Hall–Kier alpha value is -2.40. The second-order valence-corrected chi connectivity index (χ2v) is 4.65. The SMILES string of the molecule is Cc1ccc(C(=O)C(C#N)c2ccccc2C)cc1. The molecular weight excluding hydrogens is 234 g/mol. The topological polar surface area (TPSA) is 40.9 Å². The molecule has 0 saturated heterocycles. The van der Waals surface area contributed by atoms with Gasteiger partial charge in [0.25, 0.3) is 0 Å². The molecule has 1 atom stereocenters. The van der Waals surface area contributed by atoms with E-state index in [0.29, 0.717) is 5.56 Å². The Balaban J connectivity index is 2.38. The van der Waals surface area contributed by atoms with E-state index >= 15 is 0 Å². The summed E-state index contributed by atoms with van der Waals surface area (Å²) in [6, 6.07) is 17.0. The molecule has 2 nitrogen and oxygen atoms in total. The normalized spacial score (nSPS) is 11.6. The molecule has 2 rings (SSSR count). The molecular formula is C17H15NO. The lowest BCUT2D eigenvalue weighted by molar-refractivity contribution is 0.0978. The molecule has 1 unspecified atom stereocenters. The third kappa shape index (κ3) is 2.71. The molecule has 0 heterocycles. The lowest BCUT2D eigenvalue weighted by Crippen LogP contribution is -2.12. The monoisotopic (exact) mass is 249 g/mol. The van der Waals surface area contributed by atoms with Crippen LogP contribution in [-0.4, -0.2) is 5.78 Å². The predicted molar refractivity (Wildman–Crippen MR) is 75.0 cm³/mol. The van der Waals surface area contributed by atoms with E-state index in [9.17, 15) is 10.1 Å². The van der Waals surface area contributed by atoms with Gasteiger partial charge in [0.1, 0.15) is 5.92 Å². The second kappa shape index (κ2) is 5.49. The van der Waals surface area contributed by atoms with Gasteiger partial charge >= 0.3 is 0 Å². The van der Waals surface area contributed by atoms with Crippen molar-refractivity contribution in [2.24, 2.45) is 0 Å². The number of carbonyl (C=O) groups excluding carboxylic acids is 1. The second-order valence-electron chi connectivity index (χ2n) is 4.65. The van der Waals surface area contributed by atoms with Gasteiger partial charge in [0.15, 0.2) is 5.78 Å². The highest BCUT2D eigenvalue weighted by atomic mass is 16.1. The number of hydrogen-bond donors (Lipinski definition) is 0. The molecule has 0 amide bonds. The van der Waals surface area contributed by atoms with Crippen LogP contribution in [0.25, 0.3) is 0 Å². The predicted octanol–water partition coefficient (Wildman–Crippen LogP) is 3.79. The molecule has 19 heavy (non-hydrogen) atoms. The molecule has 0 N–H and O–H groups in total. The standard InChI is InChI=1S/C17H15NO/c1-12-7-9-14(10-8-12)17(19)16(11-18)15-6-4-3-5-13(15)2/h3-10,16H,1-2H3. The fourth-order valence-electron chi connectivity index (χ4n) is 2.06. The van der Waals surface area contributed by atoms with Crippen molar-refractivity contribution in [3.8, 4) is 6.07 Å². The quantitative estimate of drug-likeness (QED) is 0.776. The summed E-state index contributed by atoms with van der Waals surface area (Å²) in [6.45, 7) is 3.89. The minimum absolute atomic E-state index is 0.142. The van der Waals surface area contributed by atoms with Gasteiger partial charge in [0.2, 0.25) is 0 Å². The van der Waals surface area contributed by atoms with E-state index in [1.165, 1.54) is 0 Å². The van der Waals surface area contributed by atoms with Crippen molar-refractivity contribution < 1.29 is 4.79 Å². The largest absolute Gasteiger partial charge is 0.292 e. The van der Waals surface area contributed by atoms with Crippen molar-refractivity contribution >= 4 is 5.78 Å². The number of hydrogen-bond acceptors (Lipinski definition) is 2. The number of benzene rings is 2. The van der Waals surface area contributed by atoms with Crippen molar-refractivity contribution in [3.63, 3.8) is 0 Å². The van der Waals surface area contributed by atoms with Crippen molar-refractivity contribution in [2.45, 2.75) is 19.8 Å². The molecule has 2 aromatic carbocycles. The number of nitrogens with zero attached hydrogens (tertiary/aromatic N) is 1. The third-order valence-corrected chi connectivity index (χ3v) is 3.23. The first-order valence-electron chi connectivity index (χ1n) is 6.19. The average Bonchev–Trinajstić information content (AvgIpc) is 2.42. The van der Waals surface area contributed by atoms with Crippen LogP contribution in [0.4, 0.5) is 0 Å². The Morgan fingerprint density at radius 3 is 2.26 bits per heavy atom. The van der Waals surface area contributed by atoms with Gasteiger partial charge in [0.05, 0.1) is 6.07 Å². The third-order valence-electron chi connectivity index (χ3n) is 3.23. The van der Waals surface area contributed by atoms with Crippen LogP contribution in [0.1, 0.15) is 33.0 Å². The van der Waals surface area contributed by atoms with Crippen LogP contribution in [0.2, 0.25) is 0 Å². The van der Waals surface area contributed by atoms with E-state index in [1.54, 1.807) is 12.1 Å². The van der Waals surface area contributed by atoms with Crippen LogP contribution in [0.15, 0.2) is 48.5 Å². The summed E-state index contributed by atoms with van der Waals surface area (Å²) < 4.78 is 0. The van der Waals surface area contributed by atoms with E-state index in [1.807, 2.05) is 50.2 Å². The maximum Gasteiger partial charge on any atom is 0.184 e. The summed E-state index contributed by atoms with van der Waals surface area (Å²) in [5.41, 5.74) is 3.44. The molecule has 2 aromatic rings. The maximum absolute atomic E-state index is 12.4. The number of Topliss-reactive ketones (excluding diaryl/α,β-unsaturated/α-hetero) is 1. The number of ketones is 1. The van der Waals surface area contributed by atoms with E-state index in [2.05, 4.69) is 6.07 Å². The Labute approximate surface area is 113 Å². The first-order valence-corrected chi connectivity index (χ1v) is 6.19. The van der Waals surface area contributed by atoms with Crippen LogP contribution < -0.4 is 0 Å². The highest BCUT2D eigenvalue weighted by Crippen LogP contribution is 2.23. The van der Waals surface area contributed by atoms with Gasteiger partial charge in [-0.3, -0.25) is 4.79 Å². The summed E-state index contributed by atoms with van der Waals surface area (Å²) in [6.07, 6.45) is 0. The Morgan fingerprint density at radius 2 is 1.68 bits per heavy atom. The van der Waals surface area contributed by atoms with Crippen LogP contribution in [0.3, 0.4) is 0 Å². The Kier molecular flexibility index (Phi) is 3.77. The zero-order valence-electron chi connectivity index (χ0n) is 11.1. The molecule has 0 fully saturated rings. The molecule has 0 aliphatic carbocycles. The van der Waals surface area contributed by atoms with E-state index < -0.39 is 5.92 Å². The number of nitriles is 1. The number of aryl methyl sites for hydroxylation is 2. The first-order chi connectivity index (χ1) is 9.13. The van der Waals surface area contributed by atoms with Crippen LogP contribution in [0, 0.1) is 25.2 Å². The van der Waals surface area contributed by atoms with Crippen LogP contribution in [-0.2, 0) is 0 Å². The maximum atomic E-state index is 12.4. The minimum Gasteiger partial charge on any atom is -0.292 e. The van der Waals surface area contributed by atoms with Gasteiger partial charge in [-0.05, 0) is 25.0 Å². The fraction of sp³-hybridized carbons (Fsp3) is 0.176. The van der Waals surface area contributed by atoms with Gasteiger partial charge in [-0.15, -0.1) is 0 Å².